The molecule has 0 radical (unpaired) electrons. The van der Waals surface area contributed by atoms with E-state index in [4.69, 9.17) is 0 Å². The summed E-state index contributed by atoms with van der Waals surface area (Å²) < 4.78 is 1.81. The van der Waals surface area contributed by atoms with E-state index in [9.17, 15) is 0 Å². The van der Waals surface area contributed by atoms with Crippen LogP contribution in [-0.2, 0) is 0 Å². The van der Waals surface area contributed by atoms with E-state index in [0.29, 0.717) is 0 Å². The highest BCUT2D eigenvalue weighted by molar-refractivity contribution is 7.17. The highest BCUT2D eigenvalue weighted by atomic mass is 32.1. The monoisotopic (exact) mass is 324 g/mol. The van der Waals surface area contributed by atoms with Gasteiger partial charge in [0.1, 0.15) is 5.01 Å². The summed E-state index contributed by atoms with van der Waals surface area (Å²) >= 11 is 3.17. The van der Waals surface area contributed by atoms with Crippen LogP contribution in [0, 0.1) is 6.92 Å². The molecule has 0 bridgehead atoms. The first kappa shape index (κ1) is 13.4. The Morgan fingerprint density at radius 3 is 2.68 bits per heavy atom. The molecule has 3 aromatic heterocycles. The fraction of sp³-hybridized carbons (Fsp3) is 0.0625. The van der Waals surface area contributed by atoms with E-state index in [1.165, 1.54) is 16.9 Å². The van der Waals surface area contributed by atoms with E-state index in [0.717, 1.165) is 26.2 Å². The molecule has 0 fully saturated rings. The standard InChI is InChI=1S/C16H12N4S2/c1-11-4-6-12(7-5-11)8-9-14-19-20-15(13-3-2-10-21-13)17-18-16(20)22-14/h2-10H,1H3. The second-order valence-electron chi connectivity index (χ2n) is 4.88. The SMILES string of the molecule is Cc1ccc(C=Cc2nn3c(-c4cccs4)nnc3s2)cc1. The normalized spacial score (nSPS) is 11.7. The van der Waals surface area contributed by atoms with E-state index >= 15 is 0 Å². The van der Waals surface area contributed by atoms with Crippen molar-refractivity contribution in [3.63, 3.8) is 0 Å². The summed E-state index contributed by atoms with van der Waals surface area (Å²) in [5.74, 6) is 0.802. The fourth-order valence-electron chi connectivity index (χ4n) is 2.10. The molecule has 4 nitrogen and oxygen atoms in total. The number of aryl methyl sites for hydroxylation is 1. The first-order valence-electron chi connectivity index (χ1n) is 6.80. The molecule has 108 valence electrons. The van der Waals surface area contributed by atoms with Gasteiger partial charge in [-0.05, 0) is 30.0 Å². The van der Waals surface area contributed by atoms with Crippen molar-refractivity contribution in [1.82, 2.24) is 19.8 Å². The van der Waals surface area contributed by atoms with Crippen LogP contribution >= 0.6 is 22.7 Å². The molecule has 4 rings (SSSR count). The molecule has 0 unspecified atom stereocenters. The molecule has 0 amide bonds. The van der Waals surface area contributed by atoms with Gasteiger partial charge in [-0.2, -0.15) is 9.61 Å². The minimum absolute atomic E-state index is 0.802. The number of rotatable bonds is 3. The molecule has 6 heteroatoms. The van der Waals surface area contributed by atoms with Crippen LogP contribution in [0.25, 0.3) is 27.8 Å². The Kier molecular flexibility index (Phi) is 3.32. The Labute approximate surface area is 135 Å². The van der Waals surface area contributed by atoms with Crippen molar-refractivity contribution in [2.75, 3.05) is 0 Å². The molecule has 0 N–H and O–H groups in total. The van der Waals surface area contributed by atoms with Crippen LogP contribution in [0.4, 0.5) is 0 Å². The highest BCUT2D eigenvalue weighted by Crippen LogP contribution is 2.25. The zero-order valence-corrected chi connectivity index (χ0v) is 13.4. The highest BCUT2D eigenvalue weighted by Gasteiger charge is 2.12. The summed E-state index contributed by atoms with van der Waals surface area (Å²) in [5.41, 5.74) is 2.42. The van der Waals surface area contributed by atoms with Crippen LogP contribution in [-0.4, -0.2) is 19.8 Å². The van der Waals surface area contributed by atoms with Gasteiger partial charge in [-0.1, -0.05) is 53.3 Å². The van der Waals surface area contributed by atoms with Crippen molar-refractivity contribution in [3.8, 4) is 10.7 Å². The molecule has 0 aliphatic heterocycles. The lowest BCUT2D eigenvalue weighted by atomic mass is 10.1. The van der Waals surface area contributed by atoms with Crippen molar-refractivity contribution >= 4 is 39.8 Å². The molecule has 22 heavy (non-hydrogen) atoms. The second-order valence-corrected chi connectivity index (χ2v) is 6.81. The number of hydrogen-bond donors (Lipinski definition) is 0. The molecular weight excluding hydrogens is 312 g/mol. The Morgan fingerprint density at radius 1 is 1.05 bits per heavy atom. The number of aromatic nitrogens is 4. The van der Waals surface area contributed by atoms with Gasteiger partial charge >= 0.3 is 0 Å². The molecular formula is C16H12N4S2. The predicted octanol–water partition coefficient (Wildman–Crippen LogP) is 4.39. The quantitative estimate of drug-likeness (QED) is 0.561. The van der Waals surface area contributed by atoms with Crippen LogP contribution in [0.1, 0.15) is 16.1 Å². The summed E-state index contributed by atoms with van der Waals surface area (Å²) in [7, 11) is 0. The van der Waals surface area contributed by atoms with Gasteiger partial charge in [0.05, 0.1) is 4.88 Å². The van der Waals surface area contributed by atoms with Crippen molar-refractivity contribution in [2.45, 2.75) is 6.92 Å². The third kappa shape index (κ3) is 2.47. The molecule has 0 aliphatic carbocycles. The third-order valence-electron chi connectivity index (χ3n) is 3.24. The molecule has 0 spiro atoms. The molecule has 0 saturated carbocycles. The average molecular weight is 324 g/mol. The van der Waals surface area contributed by atoms with Gasteiger partial charge in [0.2, 0.25) is 4.96 Å². The predicted molar refractivity (Wildman–Crippen MR) is 92.1 cm³/mol. The van der Waals surface area contributed by atoms with Crippen molar-refractivity contribution in [3.05, 3.63) is 57.9 Å². The third-order valence-corrected chi connectivity index (χ3v) is 4.97. The lowest BCUT2D eigenvalue weighted by Gasteiger charge is -1.93. The molecule has 3 heterocycles. The molecule has 0 aliphatic rings. The minimum Gasteiger partial charge on any atom is -0.181 e. The van der Waals surface area contributed by atoms with Crippen molar-refractivity contribution in [2.24, 2.45) is 0 Å². The largest absolute Gasteiger partial charge is 0.235 e. The van der Waals surface area contributed by atoms with Crippen LogP contribution in [0.5, 0.6) is 0 Å². The fourth-order valence-corrected chi connectivity index (χ4v) is 3.54. The Balaban J connectivity index is 1.67. The van der Waals surface area contributed by atoms with E-state index < -0.39 is 0 Å². The first-order chi connectivity index (χ1) is 10.8. The molecule has 4 aromatic rings. The summed E-state index contributed by atoms with van der Waals surface area (Å²) in [6.07, 6.45) is 4.08. The maximum atomic E-state index is 4.59. The van der Waals surface area contributed by atoms with Crippen molar-refractivity contribution in [1.29, 1.82) is 0 Å². The Bertz CT molecular complexity index is 931. The van der Waals surface area contributed by atoms with E-state index in [1.54, 1.807) is 11.3 Å². The Morgan fingerprint density at radius 2 is 1.91 bits per heavy atom. The van der Waals surface area contributed by atoms with Gasteiger partial charge in [0.15, 0.2) is 5.82 Å². The lowest BCUT2D eigenvalue weighted by molar-refractivity contribution is 0.963. The Hall–Kier alpha value is -2.31. The zero-order chi connectivity index (χ0) is 14.9. The lowest BCUT2D eigenvalue weighted by Crippen LogP contribution is -1.88. The van der Waals surface area contributed by atoms with Crippen LogP contribution in [0.2, 0.25) is 0 Å². The number of fused-ring (bicyclic) bond motifs is 1. The molecule has 0 saturated heterocycles. The number of hydrogen-bond acceptors (Lipinski definition) is 5. The zero-order valence-electron chi connectivity index (χ0n) is 11.8. The van der Waals surface area contributed by atoms with Gasteiger partial charge in [0.25, 0.3) is 0 Å². The van der Waals surface area contributed by atoms with Crippen LogP contribution < -0.4 is 0 Å². The second kappa shape index (κ2) is 5.47. The number of thiophene rings is 1. The summed E-state index contributed by atoms with van der Waals surface area (Å²) in [4.78, 5) is 1.89. The summed E-state index contributed by atoms with van der Waals surface area (Å²) in [6.45, 7) is 2.09. The van der Waals surface area contributed by atoms with Crippen LogP contribution in [0.3, 0.4) is 0 Å². The van der Waals surface area contributed by atoms with E-state index in [-0.39, 0.29) is 0 Å². The average Bonchev–Trinajstić information content (AvgIpc) is 3.22. The van der Waals surface area contributed by atoms with Crippen LogP contribution in [0.15, 0.2) is 41.8 Å². The summed E-state index contributed by atoms with van der Waals surface area (Å²) in [5, 5.41) is 16.0. The topological polar surface area (TPSA) is 43.1 Å². The van der Waals surface area contributed by atoms with Gasteiger partial charge in [-0.25, -0.2) is 0 Å². The van der Waals surface area contributed by atoms with Gasteiger partial charge in [-0.3, -0.25) is 0 Å². The number of benzene rings is 1. The van der Waals surface area contributed by atoms with E-state index in [2.05, 4.69) is 52.6 Å². The maximum absolute atomic E-state index is 4.59. The minimum atomic E-state index is 0.802. The van der Waals surface area contributed by atoms with E-state index in [1.807, 2.05) is 28.1 Å². The van der Waals surface area contributed by atoms with Gasteiger partial charge in [-0.15, -0.1) is 21.5 Å². The van der Waals surface area contributed by atoms with Crippen molar-refractivity contribution < 1.29 is 0 Å². The van der Waals surface area contributed by atoms with Gasteiger partial charge < -0.3 is 0 Å². The van der Waals surface area contributed by atoms with Gasteiger partial charge in [0, 0.05) is 0 Å². The molecule has 1 aromatic carbocycles. The smallest absolute Gasteiger partial charge is 0.181 e. The molecule has 0 atom stereocenters. The number of nitrogens with zero attached hydrogens (tertiary/aromatic N) is 4. The summed E-state index contributed by atoms with van der Waals surface area (Å²) in [6, 6.07) is 12.4. The maximum Gasteiger partial charge on any atom is 0.235 e. The first-order valence-corrected chi connectivity index (χ1v) is 8.50.